The quantitative estimate of drug-likeness (QED) is 0.341. The van der Waals surface area contributed by atoms with E-state index in [1.54, 1.807) is 19.4 Å². The Morgan fingerprint density at radius 1 is 1.03 bits per heavy atom. The summed E-state index contributed by atoms with van der Waals surface area (Å²) in [6.07, 6.45) is 3.24. The maximum atomic E-state index is 14.6. The summed E-state index contributed by atoms with van der Waals surface area (Å²) in [5.41, 5.74) is 5.23. The van der Waals surface area contributed by atoms with Gasteiger partial charge in [0.05, 0.1) is 24.5 Å². The Kier molecular flexibility index (Phi) is 5.71. The fourth-order valence-electron chi connectivity index (χ4n) is 4.18. The molecule has 0 amide bonds. The van der Waals surface area contributed by atoms with E-state index >= 15 is 0 Å². The smallest absolute Gasteiger partial charge is 0.169 e. The molecular formula is C26H24FN5O2. The van der Waals surface area contributed by atoms with E-state index < -0.39 is 0 Å². The lowest BCUT2D eigenvalue weighted by atomic mass is 10.1. The van der Waals surface area contributed by atoms with Crippen molar-refractivity contribution in [3.05, 3.63) is 78.1 Å². The van der Waals surface area contributed by atoms with Gasteiger partial charge in [0.2, 0.25) is 0 Å². The molecule has 0 atom stereocenters. The van der Waals surface area contributed by atoms with Gasteiger partial charge in [-0.3, -0.25) is 0 Å². The number of rotatable bonds is 7. The molecule has 0 saturated carbocycles. The molecule has 0 spiro atoms. The van der Waals surface area contributed by atoms with Crippen LogP contribution in [0.1, 0.15) is 11.3 Å². The van der Waals surface area contributed by atoms with Crippen LogP contribution in [0.2, 0.25) is 0 Å². The fraction of sp³-hybridized carbons (Fsp3) is 0.192. The lowest BCUT2D eigenvalue weighted by Gasteiger charge is -2.12. The average molecular weight is 458 g/mol. The normalized spacial score (nSPS) is 11.2. The average Bonchev–Trinajstić information content (AvgIpc) is 3.43. The summed E-state index contributed by atoms with van der Waals surface area (Å²) in [7, 11) is 1.59. The van der Waals surface area contributed by atoms with Gasteiger partial charge in [-0.15, -0.1) is 0 Å². The van der Waals surface area contributed by atoms with Gasteiger partial charge in [-0.1, -0.05) is 29.4 Å². The molecule has 34 heavy (non-hydrogen) atoms. The van der Waals surface area contributed by atoms with Crippen LogP contribution in [-0.2, 0) is 6.54 Å². The van der Waals surface area contributed by atoms with Crippen molar-refractivity contribution in [1.82, 2.24) is 19.7 Å². The number of nitrogens with one attached hydrogen (secondary N) is 1. The van der Waals surface area contributed by atoms with Crippen LogP contribution in [0.15, 0.2) is 65.6 Å². The molecule has 0 bridgehead atoms. The van der Waals surface area contributed by atoms with Crippen LogP contribution >= 0.6 is 0 Å². The first-order valence-corrected chi connectivity index (χ1v) is 11.0. The van der Waals surface area contributed by atoms with Crippen molar-refractivity contribution in [2.45, 2.75) is 20.4 Å². The van der Waals surface area contributed by atoms with Crippen molar-refractivity contribution in [1.29, 1.82) is 0 Å². The predicted molar refractivity (Wildman–Crippen MR) is 129 cm³/mol. The van der Waals surface area contributed by atoms with Gasteiger partial charge in [-0.05, 0) is 32.0 Å². The lowest BCUT2D eigenvalue weighted by molar-refractivity contribution is 0.419. The van der Waals surface area contributed by atoms with Crippen LogP contribution in [0.4, 0.5) is 10.2 Å². The second-order valence-electron chi connectivity index (χ2n) is 8.08. The van der Waals surface area contributed by atoms with Gasteiger partial charge in [-0.25, -0.2) is 14.4 Å². The van der Waals surface area contributed by atoms with Gasteiger partial charge in [0.1, 0.15) is 23.7 Å². The van der Waals surface area contributed by atoms with Crippen molar-refractivity contribution in [3.63, 3.8) is 0 Å². The Bertz CT molecular complexity index is 1460. The van der Waals surface area contributed by atoms with Gasteiger partial charge in [0, 0.05) is 46.9 Å². The zero-order valence-corrected chi connectivity index (χ0v) is 19.2. The van der Waals surface area contributed by atoms with E-state index in [0.29, 0.717) is 30.2 Å². The highest BCUT2D eigenvalue weighted by Crippen LogP contribution is 2.31. The number of hydrogen-bond acceptors (Lipinski definition) is 6. The second kappa shape index (κ2) is 8.97. The van der Waals surface area contributed by atoms with Crippen molar-refractivity contribution >= 4 is 16.7 Å². The van der Waals surface area contributed by atoms with Gasteiger partial charge < -0.3 is 19.1 Å². The molecule has 5 rings (SSSR count). The third-order valence-electron chi connectivity index (χ3n) is 5.90. The van der Waals surface area contributed by atoms with Crippen LogP contribution in [-0.4, -0.2) is 33.3 Å². The number of hydrogen-bond donors (Lipinski definition) is 1. The number of ether oxygens (including phenoxy) is 1. The van der Waals surface area contributed by atoms with Gasteiger partial charge >= 0.3 is 0 Å². The molecule has 3 aromatic heterocycles. The van der Waals surface area contributed by atoms with E-state index in [9.17, 15) is 4.39 Å². The number of aromatic nitrogens is 4. The van der Waals surface area contributed by atoms with Crippen LogP contribution in [0.3, 0.4) is 0 Å². The molecule has 8 heteroatoms. The van der Waals surface area contributed by atoms with Gasteiger partial charge in [0.25, 0.3) is 0 Å². The third kappa shape index (κ3) is 3.98. The first kappa shape index (κ1) is 21.6. The number of fused-ring (bicyclic) bond motifs is 1. The molecule has 1 N–H and O–H groups in total. The van der Waals surface area contributed by atoms with E-state index in [0.717, 1.165) is 39.2 Å². The molecule has 2 aromatic carbocycles. The molecule has 0 aliphatic rings. The maximum Gasteiger partial charge on any atom is 0.169 e. The summed E-state index contributed by atoms with van der Waals surface area (Å²) < 4.78 is 27.3. The Labute approximate surface area is 196 Å². The SMILES string of the molecule is COc1ccc(F)c2c1cc(C)n2CCNc1cc(-c2ccc(-c3oncc3C)cc2)ncn1. The van der Waals surface area contributed by atoms with Crippen LogP contribution in [0, 0.1) is 19.7 Å². The first-order chi connectivity index (χ1) is 16.5. The second-order valence-corrected chi connectivity index (χ2v) is 8.08. The number of halogens is 1. The number of benzene rings is 2. The summed E-state index contributed by atoms with van der Waals surface area (Å²) in [5.74, 6) is 1.86. The van der Waals surface area contributed by atoms with E-state index in [1.807, 2.05) is 54.8 Å². The number of methoxy groups -OCH3 is 1. The summed E-state index contributed by atoms with van der Waals surface area (Å²) in [6.45, 7) is 5.07. The van der Waals surface area contributed by atoms with E-state index in [1.165, 1.54) is 12.4 Å². The Morgan fingerprint density at radius 2 is 1.82 bits per heavy atom. The molecule has 0 fully saturated rings. The highest BCUT2D eigenvalue weighted by molar-refractivity contribution is 5.88. The van der Waals surface area contributed by atoms with Crippen molar-refractivity contribution in [3.8, 4) is 28.3 Å². The predicted octanol–water partition coefficient (Wildman–Crippen LogP) is 5.63. The van der Waals surface area contributed by atoms with Crippen LogP contribution in [0.5, 0.6) is 5.75 Å². The molecule has 172 valence electrons. The monoisotopic (exact) mass is 457 g/mol. The molecule has 5 aromatic rings. The number of anilines is 1. The first-order valence-electron chi connectivity index (χ1n) is 11.0. The van der Waals surface area contributed by atoms with E-state index in [-0.39, 0.29) is 5.82 Å². The molecule has 0 saturated heterocycles. The number of nitrogens with zero attached hydrogens (tertiary/aromatic N) is 4. The Morgan fingerprint density at radius 3 is 2.56 bits per heavy atom. The van der Waals surface area contributed by atoms with E-state index in [2.05, 4.69) is 20.4 Å². The molecule has 0 radical (unpaired) electrons. The summed E-state index contributed by atoms with van der Waals surface area (Å²) in [4.78, 5) is 8.74. The largest absolute Gasteiger partial charge is 0.496 e. The lowest BCUT2D eigenvalue weighted by Crippen LogP contribution is -2.13. The van der Waals surface area contributed by atoms with E-state index in [4.69, 9.17) is 9.26 Å². The highest BCUT2D eigenvalue weighted by atomic mass is 19.1. The molecule has 0 aliphatic heterocycles. The van der Waals surface area contributed by atoms with Crippen LogP contribution in [0.25, 0.3) is 33.5 Å². The minimum absolute atomic E-state index is 0.266. The third-order valence-corrected chi connectivity index (χ3v) is 5.90. The van der Waals surface area contributed by atoms with Crippen molar-refractivity contribution in [2.75, 3.05) is 19.0 Å². The van der Waals surface area contributed by atoms with Crippen LogP contribution < -0.4 is 10.1 Å². The highest BCUT2D eigenvalue weighted by Gasteiger charge is 2.14. The van der Waals surface area contributed by atoms with Crippen molar-refractivity contribution in [2.24, 2.45) is 0 Å². The molecule has 0 unspecified atom stereocenters. The Hall–Kier alpha value is -4.20. The zero-order chi connectivity index (χ0) is 23.7. The standard InChI is InChI=1S/C26H24FN5O2/c1-16-14-31-34-26(16)19-6-4-18(5-7-19)22-13-24(30-15-29-22)28-10-11-32-17(2)12-20-23(33-3)9-8-21(27)25(20)32/h4-9,12-15H,10-11H2,1-3H3,(H,28,29,30). The zero-order valence-electron chi connectivity index (χ0n) is 19.2. The molecule has 3 heterocycles. The topological polar surface area (TPSA) is 78.0 Å². The maximum absolute atomic E-state index is 14.6. The van der Waals surface area contributed by atoms with Crippen molar-refractivity contribution < 1.29 is 13.7 Å². The summed E-state index contributed by atoms with van der Waals surface area (Å²) in [5, 5.41) is 7.94. The van der Waals surface area contributed by atoms with Gasteiger partial charge in [0.15, 0.2) is 5.76 Å². The fourth-order valence-corrected chi connectivity index (χ4v) is 4.18. The molecule has 7 nitrogen and oxygen atoms in total. The molecule has 0 aliphatic carbocycles. The minimum atomic E-state index is -0.266. The summed E-state index contributed by atoms with van der Waals surface area (Å²) in [6, 6.07) is 14.9. The number of aryl methyl sites for hydroxylation is 2. The molecular weight excluding hydrogens is 433 g/mol. The van der Waals surface area contributed by atoms with Gasteiger partial charge in [-0.2, -0.15) is 0 Å². The minimum Gasteiger partial charge on any atom is -0.496 e. The Balaban J connectivity index is 1.31. The summed E-state index contributed by atoms with van der Waals surface area (Å²) >= 11 is 0.